The molecule has 1 saturated heterocycles. The van der Waals surface area contributed by atoms with Crippen LogP contribution in [0.25, 0.3) is 0 Å². The van der Waals surface area contributed by atoms with Crippen molar-refractivity contribution in [1.82, 2.24) is 10.2 Å². The van der Waals surface area contributed by atoms with Crippen LogP contribution in [-0.2, 0) is 22.7 Å². The molecule has 1 fully saturated rings. The molecule has 158 valence electrons. The van der Waals surface area contributed by atoms with Crippen LogP contribution in [0.3, 0.4) is 0 Å². The number of fused-ring (bicyclic) bond motifs is 1. The van der Waals surface area contributed by atoms with Crippen LogP contribution in [0.2, 0.25) is 0 Å². The Balaban J connectivity index is 1.27. The summed E-state index contributed by atoms with van der Waals surface area (Å²) in [6.07, 6.45) is 3.00. The highest BCUT2D eigenvalue weighted by molar-refractivity contribution is 7.99. The quantitative estimate of drug-likeness (QED) is 0.736. The second-order valence-electron chi connectivity index (χ2n) is 7.89. The molecule has 0 unspecified atom stereocenters. The third kappa shape index (κ3) is 5.24. The first kappa shape index (κ1) is 20.9. The number of amides is 2. The summed E-state index contributed by atoms with van der Waals surface area (Å²) < 4.78 is 0. The van der Waals surface area contributed by atoms with Crippen LogP contribution in [-0.4, -0.2) is 42.1 Å². The molecule has 0 atom stereocenters. The summed E-state index contributed by atoms with van der Waals surface area (Å²) in [6.45, 7) is 4.46. The van der Waals surface area contributed by atoms with Crippen LogP contribution < -0.4 is 10.2 Å². The fraction of sp³-hybridized carbons (Fsp3) is 0.417. The number of anilines is 1. The van der Waals surface area contributed by atoms with Crippen molar-refractivity contribution in [3.8, 4) is 0 Å². The van der Waals surface area contributed by atoms with Gasteiger partial charge in [0.2, 0.25) is 11.8 Å². The highest BCUT2D eigenvalue weighted by Crippen LogP contribution is 2.34. The lowest BCUT2D eigenvalue weighted by atomic mass is 10.1. The summed E-state index contributed by atoms with van der Waals surface area (Å²) in [7, 11) is 0. The first-order valence-electron chi connectivity index (χ1n) is 10.8. The van der Waals surface area contributed by atoms with Gasteiger partial charge in [0.25, 0.3) is 0 Å². The smallest absolute Gasteiger partial charge is 0.227 e. The van der Waals surface area contributed by atoms with Crippen molar-refractivity contribution in [3.63, 3.8) is 0 Å². The second-order valence-corrected chi connectivity index (χ2v) is 9.03. The average Bonchev–Trinajstić information content (AvgIpc) is 3.29. The van der Waals surface area contributed by atoms with Crippen molar-refractivity contribution in [1.29, 1.82) is 0 Å². The van der Waals surface area contributed by atoms with Gasteiger partial charge in [-0.25, -0.2) is 0 Å². The van der Waals surface area contributed by atoms with Crippen molar-refractivity contribution in [3.05, 3.63) is 59.7 Å². The number of carbonyl (C=O) groups excluding carboxylic acids is 2. The van der Waals surface area contributed by atoms with Crippen LogP contribution in [0, 0.1) is 0 Å². The third-order valence-electron chi connectivity index (χ3n) is 5.78. The number of thioether (sulfide) groups is 1. The molecule has 2 aromatic rings. The summed E-state index contributed by atoms with van der Waals surface area (Å²) in [5.74, 6) is 0.842. The molecular formula is C24H29N3O2S. The van der Waals surface area contributed by atoms with Crippen LogP contribution in [0.1, 0.15) is 36.8 Å². The summed E-state index contributed by atoms with van der Waals surface area (Å²) in [5.41, 5.74) is 3.40. The number of hydrogen-bond donors (Lipinski definition) is 1. The van der Waals surface area contributed by atoms with E-state index in [4.69, 9.17) is 0 Å². The molecule has 0 radical (unpaired) electrons. The van der Waals surface area contributed by atoms with Crippen LogP contribution >= 0.6 is 11.8 Å². The molecule has 2 aromatic carbocycles. The molecule has 0 spiro atoms. The van der Waals surface area contributed by atoms with Crippen LogP contribution in [0.4, 0.5) is 5.69 Å². The molecule has 5 nitrogen and oxygen atoms in total. The summed E-state index contributed by atoms with van der Waals surface area (Å²) in [6, 6.07) is 16.3. The standard InChI is InChI=1S/C24H29N3O2S/c28-23(11-12-24(29)27-15-16-30-22-10-4-3-9-21(22)27)25-17-19-7-1-2-8-20(19)18-26-13-5-6-14-26/h1-4,7-10H,5-6,11-18H2,(H,25,28). The zero-order valence-electron chi connectivity index (χ0n) is 17.3. The zero-order valence-corrected chi connectivity index (χ0v) is 18.1. The molecule has 4 rings (SSSR count). The Bertz CT molecular complexity index is 896. The lowest BCUT2D eigenvalue weighted by Gasteiger charge is -2.29. The Morgan fingerprint density at radius 3 is 2.47 bits per heavy atom. The van der Waals surface area contributed by atoms with E-state index in [1.165, 1.54) is 18.4 Å². The minimum atomic E-state index is -0.0704. The number of nitrogens with one attached hydrogen (secondary N) is 1. The number of hydrogen-bond acceptors (Lipinski definition) is 4. The van der Waals surface area contributed by atoms with E-state index in [1.54, 1.807) is 11.8 Å². The molecule has 2 aliphatic heterocycles. The van der Waals surface area contributed by atoms with Gasteiger partial charge in [-0.05, 0) is 49.2 Å². The highest BCUT2D eigenvalue weighted by atomic mass is 32.2. The van der Waals surface area contributed by atoms with Gasteiger partial charge in [-0.15, -0.1) is 11.8 Å². The van der Waals surface area contributed by atoms with E-state index in [1.807, 2.05) is 35.2 Å². The molecule has 2 aliphatic rings. The van der Waals surface area contributed by atoms with Gasteiger partial charge in [-0.1, -0.05) is 36.4 Å². The fourth-order valence-electron chi connectivity index (χ4n) is 4.13. The van der Waals surface area contributed by atoms with Gasteiger partial charge >= 0.3 is 0 Å². The first-order chi connectivity index (χ1) is 14.7. The average molecular weight is 424 g/mol. The van der Waals surface area contributed by atoms with E-state index >= 15 is 0 Å². The molecule has 0 aliphatic carbocycles. The van der Waals surface area contributed by atoms with Crippen molar-refractivity contribution in [2.75, 3.05) is 30.3 Å². The lowest BCUT2D eigenvalue weighted by molar-refractivity contribution is -0.125. The lowest BCUT2D eigenvalue weighted by Crippen LogP contribution is -2.36. The largest absolute Gasteiger partial charge is 0.352 e. The van der Waals surface area contributed by atoms with E-state index in [9.17, 15) is 9.59 Å². The van der Waals surface area contributed by atoms with Gasteiger partial charge in [-0.2, -0.15) is 0 Å². The summed E-state index contributed by atoms with van der Waals surface area (Å²) in [4.78, 5) is 30.6. The van der Waals surface area contributed by atoms with E-state index in [-0.39, 0.29) is 24.7 Å². The summed E-state index contributed by atoms with van der Waals surface area (Å²) >= 11 is 1.78. The molecule has 2 heterocycles. The number of likely N-dealkylation sites (tertiary alicyclic amines) is 1. The Morgan fingerprint density at radius 1 is 0.900 bits per heavy atom. The molecular weight excluding hydrogens is 394 g/mol. The molecule has 0 saturated carbocycles. The van der Waals surface area contributed by atoms with E-state index in [0.29, 0.717) is 13.1 Å². The van der Waals surface area contributed by atoms with Gasteiger partial charge in [-0.3, -0.25) is 14.5 Å². The van der Waals surface area contributed by atoms with E-state index < -0.39 is 0 Å². The Hall–Kier alpha value is -2.31. The molecule has 1 N–H and O–H groups in total. The predicted octanol–water partition coefficient (Wildman–Crippen LogP) is 3.82. The molecule has 2 amide bonds. The topological polar surface area (TPSA) is 52.7 Å². The Labute approximate surface area is 182 Å². The minimum absolute atomic E-state index is 0.0207. The maximum atomic E-state index is 12.7. The van der Waals surface area contributed by atoms with E-state index in [2.05, 4.69) is 28.4 Å². The van der Waals surface area contributed by atoms with Gasteiger partial charge in [0.05, 0.1) is 5.69 Å². The maximum Gasteiger partial charge on any atom is 0.227 e. The monoisotopic (exact) mass is 423 g/mol. The second kappa shape index (κ2) is 10.1. The van der Waals surface area contributed by atoms with Crippen molar-refractivity contribution in [2.24, 2.45) is 0 Å². The van der Waals surface area contributed by atoms with E-state index in [0.717, 1.165) is 41.5 Å². The van der Waals surface area contributed by atoms with Gasteiger partial charge in [0.1, 0.15) is 0 Å². The fourth-order valence-corrected chi connectivity index (χ4v) is 5.13. The van der Waals surface area contributed by atoms with Gasteiger partial charge in [0, 0.05) is 43.1 Å². The number of benzene rings is 2. The van der Waals surface area contributed by atoms with Crippen molar-refractivity contribution in [2.45, 2.75) is 43.7 Å². The minimum Gasteiger partial charge on any atom is -0.352 e. The Kier molecular flexibility index (Phi) is 7.07. The summed E-state index contributed by atoms with van der Waals surface area (Å²) in [5, 5.41) is 3.01. The van der Waals surface area contributed by atoms with Crippen molar-refractivity contribution >= 4 is 29.3 Å². The maximum absolute atomic E-state index is 12.7. The van der Waals surface area contributed by atoms with Gasteiger partial charge < -0.3 is 10.2 Å². The predicted molar refractivity (Wildman–Crippen MR) is 122 cm³/mol. The Morgan fingerprint density at radius 2 is 1.63 bits per heavy atom. The molecule has 0 bridgehead atoms. The van der Waals surface area contributed by atoms with Gasteiger partial charge in [0.15, 0.2) is 0 Å². The zero-order chi connectivity index (χ0) is 20.8. The number of nitrogens with zero attached hydrogens (tertiary/aromatic N) is 2. The number of carbonyl (C=O) groups is 2. The third-order valence-corrected chi connectivity index (χ3v) is 6.83. The van der Waals surface area contributed by atoms with Crippen molar-refractivity contribution < 1.29 is 9.59 Å². The normalized spacial score (nSPS) is 16.3. The van der Waals surface area contributed by atoms with Crippen LogP contribution in [0.5, 0.6) is 0 Å². The highest BCUT2D eigenvalue weighted by Gasteiger charge is 2.23. The number of rotatable bonds is 7. The number of para-hydroxylation sites is 1. The molecule has 0 aromatic heterocycles. The molecule has 30 heavy (non-hydrogen) atoms. The van der Waals surface area contributed by atoms with Crippen LogP contribution in [0.15, 0.2) is 53.4 Å². The molecule has 6 heteroatoms. The SMILES string of the molecule is O=C(CCC(=O)N1CCSc2ccccc21)NCc1ccccc1CN1CCCC1. The first-order valence-corrected chi connectivity index (χ1v) is 11.8.